The number of para-hydroxylation sites is 1. The molecule has 3 fully saturated rings. The van der Waals surface area contributed by atoms with Crippen LogP contribution in [-0.4, -0.2) is 182 Å². The van der Waals surface area contributed by atoms with E-state index in [1.165, 1.54) is 79.4 Å². The summed E-state index contributed by atoms with van der Waals surface area (Å²) in [5.74, 6) is -0.676. The number of nitrogens with zero attached hydrogens (tertiary/aromatic N) is 10. The van der Waals surface area contributed by atoms with Gasteiger partial charge in [0.2, 0.25) is 28.5 Å². The minimum absolute atomic E-state index is 0.00863. The number of nitrogens with one attached hydrogen (secondary N) is 4. The van der Waals surface area contributed by atoms with E-state index in [-0.39, 0.29) is 45.7 Å². The molecule has 34 nitrogen and oxygen atoms in total. The highest BCUT2D eigenvalue weighted by molar-refractivity contribution is 7.72. The van der Waals surface area contributed by atoms with E-state index in [9.17, 15) is 95.3 Å². The molecule has 0 bridgehead atoms. The molecule has 1 amide bonds. The first-order valence-electron chi connectivity index (χ1n) is 29.3. The van der Waals surface area contributed by atoms with Gasteiger partial charge in [-0.05, 0) is 103 Å². The zero-order valence-electron chi connectivity index (χ0n) is 51.1. The molecule has 526 valence electrons. The van der Waals surface area contributed by atoms with Gasteiger partial charge in [-0.25, -0.2) is 24.3 Å². The Morgan fingerprint density at radius 3 is 1.47 bits per heavy atom. The third kappa shape index (κ3) is 18.4. The number of methoxy groups -OCH3 is 1. The van der Waals surface area contributed by atoms with Crippen LogP contribution < -0.4 is 40.7 Å². The van der Waals surface area contributed by atoms with Crippen molar-refractivity contribution in [3.8, 4) is 17.1 Å². The Kier molecular flexibility index (Phi) is 23.1. The first kappa shape index (κ1) is 74.3. The maximum Gasteiger partial charge on any atom is 0.360 e. The predicted octanol–water partition coefficient (Wildman–Crippen LogP) is 7.68. The number of carbonyl (C=O) groups excluding carboxylic acids is 1. The monoisotopic (exact) mass is 1530 g/mol. The molecule has 3 aromatic carbocycles. The Morgan fingerprint density at radius 1 is 0.520 bits per heavy atom. The molecule has 6 aromatic heterocycles. The number of halogens is 1. The number of benzene rings is 3. The van der Waals surface area contributed by atoms with Crippen molar-refractivity contribution in [2.75, 3.05) is 95.4 Å². The zero-order chi connectivity index (χ0) is 70.7. The van der Waals surface area contributed by atoms with Crippen LogP contribution in [0.3, 0.4) is 0 Å². The van der Waals surface area contributed by atoms with Crippen LogP contribution in [0.1, 0.15) is 36.0 Å². The molecular weight excluding hydrogens is 1470 g/mol. The van der Waals surface area contributed by atoms with Crippen LogP contribution in [0.5, 0.6) is 5.75 Å². The number of hydrogen-bond donors (Lipinski definition) is 16. The molecule has 3 saturated heterocycles. The summed E-state index contributed by atoms with van der Waals surface area (Å²) in [7, 11) is -29.9. The second kappa shape index (κ2) is 30.5. The zero-order valence-corrected chi connectivity index (χ0v) is 58.9. The van der Waals surface area contributed by atoms with Gasteiger partial charge in [0.25, 0.3) is 5.91 Å². The normalized spacial score (nSPS) is 16.1. The highest BCUT2D eigenvalue weighted by Crippen LogP contribution is 2.62. The minimum Gasteiger partial charge on any atom is -0.494 e. The number of piperazine rings is 1. The van der Waals surface area contributed by atoms with E-state index in [1.54, 1.807) is 40.4 Å². The Labute approximate surface area is 568 Å². The Bertz CT molecular complexity index is 4590. The van der Waals surface area contributed by atoms with Gasteiger partial charge in [-0.15, -0.1) is 34.0 Å². The van der Waals surface area contributed by atoms with Gasteiger partial charge in [0, 0.05) is 73.9 Å². The second-order valence-electron chi connectivity index (χ2n) is 22.3. The first-order chi connectivity index (χ1) is 46.1. The van der Waals surface area contributed by atoms with Crippen LogP contribution >= 0.6 is 79.6 Å². The maximum absolute atomic E-state index is 14.0. The average Bonchev–Trinajstić information content (AvgIpc) is 1.75. The van der Waals surface area contributed by atoms with Gasteiger partial charge < -0.3 is 99.4 Å². The number of rotatable bonds is 20. The van der Waals surface area contributed by atoms with Gasteiger partial charge in [0.15, 0.2) is 17.4 Å². The smallest absolute Gasteiger partial charge is 0.360 e. The third-order valence-corrected chi connectivity index (χ3v) is 27.9. The van der Waals surface area contributed by atoms with E-state index in [1.807, 2.05) is 40.1 Å². The fourth-order valence-corrected chi connectivity index (χ4v) is 19.5. The summed E-state index contributed by atoms with van der Waals surface area (Å²) in [5, 5.41) is 15.6. The highest BCUT2D eigenvalue weighted by Gasteiger charge is 2.47. The van der Waals surface area contributed by atoms with Gasteiger partial charge in [0.05, 0.1) is 23.3 Å². The lowest BCUT2D eigenvalue weighted by atomic mass is 10.1. The molecule has 98 heavy (non-hydrogen) atoms. The number of fused-ring (bicyclic) bond motifs is 3. The van der Waals surface area contributed by atoms with E-state index >= 15 is 0 Å². The van der Waals surface area contributed by atoms with E-state index in [2.05, 4.69) is 61.0 Å². The number of likely N-dealkylation sites (tertiary alicyclic amines) is 1. The van der Waals surface area contributed by atoms with Crippen molar-refractivity contribution in [1.29, 1.82) is 0 Å². The van der Waals surface area contributed by atoms with Crippen LogP contribution in [0.4, 0.5) is 45.1 Å². The van der Waals surface area contributed by atoms with Crippen LogP contribution in [0.25, 0.3) is 42.0 Å². The van der Waals surface area contributed by atoms with Crippen molar-refractivity contribution in [3.63, 3.8) is 0 Å². The van der Waals surface area contributed by atoms with Gasteiger partial charge in [-0.3, -0.25) is 37.1 Å². The van der Waals surface area contributed by atoms with Crippen molar-refractivity contribution in [3.05, 3.63) is 119 Å². The van der Waals surface area contributed by atoms with E-state index in [0.717, 1.165) is 68.8 Å². The number of aromatic nitrogens is 6. The van der Waals surface area contributed by atoms with E-state index in [4.69, 9.17) is 4.74 Å². The third-order valence-electron chi connectivity index (χ3n) is 15.5. The maximum atomic E-state index is 14.0. The summed E-state index contributed by atoms with van der Waals surface area (Å²) in [5.41, 5.74) is -5.47. The van der Waals surface area contributed by atoms with E-state index < -0.39 is 73.9 Å². The molecule has 0 spiro atoms. The predicted molar refractivity (Wildman–Crippen MR) is 370 cm³/mol. The number of carbonyl (C=O) groups is 1. The number of amides is 1. The average molecular weight is 1530 g/mol. The second-order valence-corrected chi connectivity index (χ2v) is 36.4. The van der Waals surface area contributed by atoms with Gasteiger partial charge in [-0.1, -0.05) is 36.8 Å². The summed E-state index contributed by atoms with van der Waals surface area (Å²) < 4.78 is 89.1. The van der Waals surface area contributed by atoms with Crippen molar-refractivity contribution >= 4 is 157 Å². The van der Waals surface area contributed by atoms with Crippen molar-refractivity contribution in [1.82, 2.24) is 34.8 Å². The lowest BCUT2D eigenvalue weighted by Gasteiger charge is -2.36. The minimum atomic E-state index is -5.29. The molecule has 9 aromatic rings. The number of piperidine rings is 1. The number of hydrogen-bond acceptors (Lipinski definition) is 24. The molecule has 12 rings (SSSR count). The molecule has 44 heteroatoms. The molecule has 3 aliphatic rings. The quantitative estimate of drug-likeness (QED) is 0.0325. The standard InChI is InChI=1S/C21H19FN4O8P2S.C17H21N5O6P2S.C16H25N5O6P2S/c1-34-16-6-5-13(10-15(16)22)23-19(27)12-4-2-3-11(9-12)17-24-18(14-7-8-37-20(14)25-17)26-21(35(28,29)30)36(31,32)33;23-29(24,25)17(30(26,27)28)19-14-13-6-11-31-15(13)20-16(18-14)22-9-7-21(8-10-22)12-4-2-1-3-5-12;22-28(23,24)16(29(25,26)27)18-13-12-5-9-30-14(12)19-15(17-13)21-8-4-11(10-21)20-6-2-1-3-7-20/h2-10,21H,1H3,(H,23,27)(H,24,25,26)(H2,28,29,30)(H2,31,32,33);1-6,11,17H,7-10H2,(H,18,19,20)(H2,23,24,25)(H2,26,27,28);5,9,11,16H,1-4,6-8,10H2,(H,17,18,19)(H2,22,23,24)(H2,25,26,27). The molecule has 1 unspecified atom stereocenters. The van der Waals surface area contributed by atoms with Crippen LogP contribution in [-0.2, 0) is 27.4 Å². The molecule has 0 radical (unpaired) electrons. The fourth-order valence-electron chi connectivity index (χ4n) is 10.8. The number of thiophene rings is 3. The van der Waals surface area contributed by atoms with Crippen molar-refractivity contribution in [2.24, 2.45) is 0 Å². The molecular formula is C54H65FN14O20P6S3. The van der Waals surface area contributed by atoms with Gasteiger partial charge >= 0.3 is 45.6 Å². The fraction of sp³-hybridized carbons (Fsp3) is 0.315. The lowest BCUT2D eigenvalue weighted by Crippen LogP contribution is -2.47. The molecule has 3 aliphatic heterocycles. The summed E-state index contributed by atoms with van der Waals surface area (Å²) in [6.07, 6.45) is 4.64. The molecule has 0 saturated carbocycles. The van der Waals surface area contributed by atoms with Crippen molar-refractivity contribution < 1.29 is 100 Å². The molecule has 16 N–H and O–H groups in total. The van der Waals surface area contributed by atoms with Crippen LogP contribution in [0.15, 0.2) is 107 Å². The first-order valence-corrected chi connectivity index (χ1v) is 42.0. The molecule has 1 atom stereocenters. The summed E-state index contributed by atoms with van der Waals surface area (Å²) in [6, 6.07) is 25.2. The van der Waals surface area contributed by atoms with E-state index in [0.29, 0.717) is 61.9 Å². The Morgan fingerprint density at radius 2 is 0.990 bits per heavy atom. The summed E-state index contributed by atoms with van der Waals surface area (Å²) in [4.78, 5) is 163. The molecule has 0 aliphatic carbocycles. The Hall–Kier alpha value is -6.36. The van der Waals surface area contributed by atoms with Gasteiger partial charge in [-0.2, -0.15) is 9.97 Å². The summed E-state index contributed by atoms with van der Waals surface area (Å²) >= 11 is 3.80. The highest BCUT2D eigenvalue weighted by atomic mass is 32.1. The lowest BCUT2D eigenvalue weighted by molar-refractivity contribution is 0.102. The largest absolute Gasteiger partial charge is 0.494 e. The topological polar surface area (TPSA) is 510 Å². The molecule has 9 heterocycles. The number of ether oxygens (including phenoxy) is 1. The van der Waals surface area contributed by atoms with Crippen molar-refractivity contribution in [2.45, 2.75) is 48.3 Å². The van der Waals surface area contributed by atoms with Crippen LogP contribution in [0, 0.1) is 5.82 Å². The van der Waals surface area contributed by atoms with Crippen LogP contribution in [0.2, 0.25) is 0 Å². The SMILES string of the molecule is COc1ccc(NC(=O)c2cccc(-c3nc(NC(P(=O)(O)O)P(=O)(O)O)c4ccsc4n3)c2)cc1F.O=P(O)(O)C(Nc1nc(N2CCC(N3CCCCC3)C2)nc2sccc12)P(=O)(O)O.O=P(O)(O)C(Nc1nc(N2CCN(c3ccccc3)CC2)nc2sccc12)P(=O)(O)O. The Balaban J connectivity index is 0.000000160. The van der Waals surface area contributed by atoms with Gasteiger partial charge in [0.1, 0.15) is 31.9 Å². The number of anilines is 7. The summed E-state index contributed by atoms with van der Waals surface area (Å²) in [6.45, 7) is 6.36.